The van der Waals surface area contributed by atoms with Crippen molar-refractivity contribution in [2.75, 3.05) is 0 Å². The zero-order valence-electron chi connectivity index (χ0n) is 7.82. The van der Waals surface area contributed by atoms with Gasteiger partial charge in [-0.15, -0.1) is 0 Å². The van der Waals surface area contributed by atoms with Crippen LogP contribution in [0.3, 0.4) is 0 Å². The Labute approximate surface area is 102 Å². The Hall–Kier alpha value is 1.97. The van der Waals surface area contributed by atoms with E-state index >= 15 is 0 Å². The molecule has 4 heteroatoms. The first-order valence-electron chi connectivity index (χ1n) is 4.29. The Morgan fingerprint density at radius 3 is 1.92 bits per heavy atom. The van der Waals surface area contributed by atoms with Gasteiger partial charge in [0.1, 0.15) is 0 Å². The lowest BCUT2D eigenvalue weighted by Crippen LogP contribution is -1.90. The molecule has 0 nitrogen and oxygen atoms in total. The third-order valence-electron chi connectivity index (χ3n) is 1.54. The summed E-state index contributed by atoms with van der Waals surface area (Å²) < 4.78 is 0. The minimum atomic E-state index is -0.701. The van der Waals surface area contributed by atoms with E-state index in [2.05, 4.69) is 62.9 Å². The molecular weight excluding hydrogens is 363 g/mol. The second-order valence-electron chi connectivity index (χ2n) is 2.66. The monoisotopic (exact) mass is 377 g/mol. The highest BCUT2D eigenvalue weighted by atomic mass is 80.0. The fraction of sp³-hybridized carbons (Fsp3) is 0.875. The van der Waals surface area contributed by atoms with Crippen molar-refractivity contribution in [2.45, 2.75) is 39.5 Å². The molecule has 0 rings (SSSR count). The number of hydrogen-bond acceptors (Lipinski definition) is 0. The predicted octanol–water partition coefficient (Wildman–Crippen LogP) is 5.19. The van der Waals surface area contributed by atoms with E-state index < -0.39 is 8.67 Å². The SMILES string of the molecule is [Br][Al]([Br])[Br].[CH2]C(CC)CCCC. The van der Waals surface area contributed by atoms with Gasteiger partial charge < -0.3 is 0 Å². The molecule has 0 aromatic heterocycles. The van der Waals surface area contributed by atoms with Crippen LogP contribution in [-0.4, -0.2) is 8.67 Å². The summed E-state index contributed by atoms with van der Waals surface area (Å²) in [7, 11) is -0.701. The summed E-state index contributed by atoms with van der Waals surface area (Å²) in [6, 6.07) is 0. The van der Waals surface area contributed by atoms with Crippen molar-refractivity contribution in [3.8, 4) is 0 Å². The van der Waals surface area contributed by atoms with Gasteiger partial charge in [0.15, 0.2) is 0 Å². The molecule has 0 aromatic carbocycles. The van der Waals surface area contributed by atoms with Crippen molar-refractivity contribution in [1.29, 1.82) is 0 Å². The molecule has 0 N–H and O–H groups in total. The topological polar surface area (TPSA) is 0 Å². The lowest BCUT2D eigenvalue weighted by atomic mass is 10.0. The number of hydrogen-bond donors (Lipinski definition) is 0. The Kier molecular flexibility index (Phi) is 17.7. The first kappa shape index (κ1) is 16.4. The summed E-state index contributed by atoms with van der Waals surface area (Å²) in [4.78, 5) is 0. The van der Waals surface area contributed by atoms with Crippen LogP contribution in [0.5, 0.6) is 0 Å². The fourth-order valence-electron chi connectivity index (χ4n) is 0.697. The van der Waals surface area contributed by atoms with Crippen molar-refractivity contribution in [2.24, 2.45) is 5.92 Å². The molecule has 1 atom stereocenters. The molecule has 1 unspecified atom stereocenters. The Morgan fingerprint density at radius 1 is 1.25 bits per heavy atom. The van der Waals surface area contributed by atoms with E-state index in [0.717, 1.165) is 0 Å². The summed E-state index contributed by atoms with van der Waals surface area (Å²) in [6.07, 6.45) is 5.21. The summed E-state index contributed by atoms with van der Waals surface area (Å²) >= 11 is 9.73. The van der Waals surface area contributed by atoms with Crippen LogP contribution in [0.25, 0.3) is 0 Å². The second kappa shape index (κ2) is 13.0. The average molecular weight is 380 g/mol. The third kappa shape index (κ3) is 22.7. The third-order valence-corrected chi connectivity index (χ3v) is 1.54. The van der Waals surface area contributed by atoms with Crippen molar-refractivity contribution in [3.63, 3.8) is 0 Å². The summed E-state index contributed by atoms with van der Waals surface area (Å²) in [5, 5.41) is 0. The lowest BCUT2D eigenvalue weighted by Gasteiger charge is -2.04. The summed E-state index contributed by atoms with van der Waals surface area (Å²) in [5.74, 6) is 0.704. The van der Waals surface area contributed by atoms with Crippen LogP contribution in [0.4, 0.5) is 0 Å². The molecule has 0 heterocycles. The molecule has 0 amide bonds. The summed E-state index contributed by atoms with van der Waals surface area (Å²) in [5.41, 5.74) is 0. The van der Waals surface area contributed by atoms with Gasteiger partial charge in [0.05, 0.1) is 0 Å². The number of halogens is 3. The molecule has 0 saturated carbocycles. The predicted molar refractivity (Wildman–Crippen MR) is 71.2 cm³/mol. The van der Waals surface area contributed by atoms with Crippen LogP contribution < -0.4 is 0 Å². The van der Waals surface area contributed by atoms with E-state index in [1.165, 1.54) is 25.7 Å². The van der Waals surface area contributed by atoms with E-state index in [4.69, 9.17) is 0 Å². The maximum absolute atomic E-state index is 3.99. The maximum atomic E-state index is 3.99. The van der Waals surface area contributed by atoms with Crippen LogP contribution in [-0.2, 0) is 0 Å². The van der Waals surface area contributed by atoms with E-state index in [1.54, 1.807) is 0 Å². The van der Waals surface area contributed by atoms with Gasteiger partial charge in [-0.05, 0) is 5.92 Å². The van der Waals surface area contributed by atoms with Crippen LogP contribution in [0.1, 0.15) is 39.5 Å². The standard InChI is InChI=1S/C8H17.Al.3BrH/c1-4-6-7-8(3)5-2;;;;/h8H,3-7H2,1-2H3;;3*1H/q;+3;;;/p-3. The van der Waals surface area contributed by atoms with Gasteiger partial charge in [-0.2, -0.15) is 42.2 Å². The smallest absolute Gasteiger partial charge is 0.181 e. The Bertz CT molecular complexity index is 75.9. The van der Waals surface area contributed by atoms with E-state index in [1.807, 2.05) is 0 Å². The van der Waals surface area contributed by atoms with Crippen molar-refractivity contribution >= 4 is 50.8 Å². The highest BCUT2D eigenvalue weighted by molar-refractivity contribution is 9.69. The number of rotatable bonds is 4. The zero-order valence-corrected chi connectivity index (χ0v) is 13.7. The van der Waals surface area contributed by atoms with Crippen LogP contribution >= 0.6 is 42.2 Å². The molecule has 73 valence electrons. The van der Waals surface area contributed by atoms with E-state index in [9.17, 15) is 0 Å². The fourth-order valence-corrected chi connectivity index (χ4v) is 0.697. The molecular formula is C8H17AlBr3. The van der Waals surface area contributed by atoms with Crippen LogP contribution in [0.15, 0.2) is 0 Å². The second-order valence-corrected chi connectivity index (χ2v) is 22.5. The first-order chi connectivity index (χ1) is 5.54. The van der Waals surface area contributed by atoms with Crippen LogP contribution in [0, 0.1) is 12.8 Å². The first-order valence-corrected chi connectivity index (χ1v) is 13.8. The lowest BCUT2D eigenvalue weighted by molar-refractivity contribution is 0.537. The highest BCUT2D eigenvalue weighted by Crippen LogP contribution is 2.09. The van der Waals surface area contributed by atoms with Gasteiger partial charge >= 0.3 is 8.67 Å². The van der Waals surface area contributed by atoms with Crippen molar-refractivity contribution in [1.82, 2.24) is 0 Å². The Morgan fingerprint density at radius 2 is 1.67 bits per heavy atom. The van der Waals surface area contributed by atoms with Gasteiger partial charge in [-0.1, -0.05) is 46.5 Å². The molecule has 0 aliphatic rings. The van der Waals surface area contributed by atoms with Crippen LogP contribution in [0.2, 0.25) is 0 Å². The van der Waals surface area contributed by atoms with Gasteiger partial charge in [-0.3, -0.25) is 0 Å². The van der Waals surface area contributed by atoms with Gasteiger partial charge in [0.2, 0.25) is 0 Å². The Balaban J connectivity index is 0. The molecule has 0 aromatic rings. The molecule has 0 aliphatic heterocycles. The normalized spacial score (nSPS) is 11.5. The van der Waals surface area contributed by atoms with E-state index in [-0.39, 0.29) is 0 Å². The molecule has 0 aliphatic carbocycles. The van der Waals surface area contributed by atoms with Crippen molar-refractivity contribution in [3.05, 3.63) is 6.92 Å². The van der Waals surface area contributed by atoms with Crippen molar-refractivity contribution < 1.29 is 0 Å². The molecule has 1 radical (unpaired) electrons. The minimum absolute atomic E-state index is 0.701. The number of unbranched alkanes of at least 4 members (excludes halogenated alkanes) is 1. The molecule has 0 fully saturated rings. The van der Waals surface area contributed by atoms with Gasteiger partial charge in [-0.25, -0.2) is 0 Å². The maximum Gasteiger partial charge on any atom is 0.542 e. The zero-order chi connectivity index (χ0) is 9.98. The molecule has 0 saturated heterocycles. The summed E-state index contributed by atoms with van der Waals surface area (Å²) in [6.45, 7) is 8.42. The quantitative estimate of drug-likeness (QED) is 0.589. The minimum Gasteiger partial charge on any atom is -0.181 e. The van der Waals surface area contributed by atoms with E-state index in [0.29, 0.717) is 5.92 Å². The molecule has 0 spiro atoms. The average Bonchev–Trinajstić information content (AvgIpc) is 1.99. The molecule has 0 bridgehead atoms. The highest BCUT2D eigenvalue weighted by Gasteiger charge is 1.95. The van der Waals surface area contributed by atoms with Gasteiger partial charge in [0.25, 0.3) is 0 Å². The van der Waals surface area contributed by atoms with Gasteiger partial charge in [0, 0.05) is 0 Å². The molecule has 12 heavy (non-hydrogen) atoms. The largest absolute Gasteiger partial charge is 0.542 e.